The Kier molecular flexibility index (Phi) is 6.26. The molecule has 174 valence electrons. The van der Waals surface area contributed by atoms with Gasteiger partial charge in [-0.15, -0.1) is 16.4 Å². The molecule has 5 rings (SSSR count). The number of nitrogens with zero attached hydrogens (tertiary/aromatic N) is 5. The number of halogens is 1. The van der Waals surface area contributed by atoms with E-state index in [2.05, 4.69) is 15.3 Å². The lowest BCUT2D eigenvalue weighted by molar-refractivity contribution is 0.0986. The van der Waals surface area contributed by atoms with E-state index in [9.17, 15) is 9.59 Å². The summed E-state index contributed by atoms with van der Waals surface area (Å²) in [5.41, 5.74) is 9.55. The highest BCUT2D eigenvalue weighted by molar-refractivity contribution is 7.18. The third-order valence-corrected chi connectivity index (χ3v) is 6.69. The summed E-state index contributed by atoms with van der Waals surface area (Å²) < 4.78 is 3.81. The molecular formula is C25H19ClN6O2S. The molecule has 0 amide bonds. The molecule has 0 aliphatic carbocycles. The van der Waals surface area contributed by atoms with Crippen molar-refractivity contribution in [2.45, 2.75) is 12.8 Å². The number of thiophene rings is 1. The summed E-state index contributed by atoms with van der Waals surface area (Å²) >= 11 is 7.21. The number of rotatable bonds is 7. The third kappa shape index (κ3) is 4.91. The summed E-state index contributed by atoms with van der Waals surface area (Å²) in [7, 11) is 0. The molecule has 0 atom stereocenters. The maximum atomic E-state index is 12.4. The standard InChI is InChI=1S/C25H19ClN6O2S/c26-23-9-8-22(35-23)21(33)7-4-17-15-32(30-29-17)20-6-5-18(31-12-2-1-3-25(31)34)14-19(20)16-10-11-28-24(27)13-16/h1-3,5-6,8-15H,4,7H2,(H2,27,28). The molecule has 35 heavy (non-hydrogen) atoms. The molecule has 8 nitrogen and oxygen atoms in total. The summed E-state index contributed by atoms with van der Waals surface area (Å²) in [5, 5.41) is 8.55. The first-order valence-corrected chi connectivity index (χ1v) is 11.9. The van der Waals surface area contributed by atoms with Crippen LogP contribution in [0.15, 0.2) is 84.0 Å². The van der Waals surface area contributed by atoms with E-state index in [-0.39, 0.29) is 11.3 Å². The van der Waals surface area contributed by atoms with Crippen molar-refractivity contribution in [1.29, 1.82) is 0 Å². The van der Waals surface area contributed by atoms with Gasteiger partial charge in [-0.1, -0.05) is 22.9 Å². The number of benzene rings is 1. The Balaban J connectivity index is 1.48. The molecular weight excluding hydrogens is 484 g/mol. The van der Waals surface area contributed by atoms with Gasteiger partial charge in [-0.2, -0.15) is 0 Å². The number of hydrogen-bond acceptors (Lipinski definition) is 7. The van der Waals surface area contributed by atoms with Gasteiger partial charge >= 0.3 is 0 Å². The predicted molar refractivity (Wildman–Crippen MR) is 137 cm³/mol. The first kappa shape index (κ1) is 22.7. The average Bonchev–Trinajstić information content (AvgIpc) is 3.52. The highest BCUT2D eigenvalue weighted by Gasteiger charge is 2.14. The number of hydrogen-bond donors (Lipinski definition) is 1. The minimum atomic E-state index is -0.139. The summed E-state index contributed by atoms with van der Waals surface area (Å²) in [6.45, 7) is 0. The zero-order valence-corrected chi connectivity index (χ0v) is 19.9. The van der Waals surface area contributed by atoms with Crippen molar-refractivity contribution in [3.63, 3.8) is 0 Å². The number of pyridine rings is 2. The molecule has 0 fully saturated rings. The van der Waals surface area contributed by atoms with E-state index < -0.39 is 0 Å². The molecule has 0 unspecified atom stereocenters. The minimum Gasteiger partial charge on any atom is -0.384 e. The molecule has 4 heterocycles. The van der Waals surface area contributed by atoms with E-state index >= 15 is 0 Å². The Bertz CT molecular complexity index is 1590. The summed E-state index contributed by atoms with van der Waals surface area (Å²) in [6, 6.07) is 17.7. The van der Waals surface area contributed by atoms with Crippen LogP contribution >= 0.6 is 22.9 Å². The molecule has 4 aromatic heterocycles. The van der Waals surface area contributed by atoms with Crippen LogP contribution in [0.25, 0.3) is 22.5 Å². The highest BCUT2D eigenvalue weighted by atomic mass is 35.5. The lowest BCUT2D eigenvalue weighted by Gasteiger charge is -2.13. The summed E-state index contributed by atoms with van der Waals surface area (Å²) in [5.74, 6) is 0.393. The first-order chi connectivity index (χ1) is 17.0. The number of carbonyl (C=O) groups excluding carboxylic acids is 1. The Morgan fingerprint density at radius 3 is 2.74 bits per heavy atom. The molecule has 1 aromatic carbocycles. The second-order valence-electron chi connectivity index (χ2n) is 7.76. The minimum absolute atomic E-state index is 0.0158. The fourth-order valence-electron chi connectivity index (χ4n) is 3.72. The summed E-state index contributed by atoms with van der Waals surface area (Å²) in [4.78, 5) is 29.5. The van der Waals surface area contributed by atoms with Crippen molar-refractivity contribution in [2.24, 2.45) is 0 Å². The maximum Gasteiger partial charge on any atom is 0.255 e. The van der Waals surface area contributed by atoms with E-state index in [1.54, 1.807) is 58.2 Å². The normalized spacial score (nSPS) is 11.0. The third-order valence-electron chi connectivity index (χ3n) is 5.42. The lowest BCUT2D eigenvalue weighted by Crippen LogP contribution is -2.15. The smallest absolute Gasteiger partial charge is 0.255 e. The van der Waals surface area contributed by atoms with Gasteiger partial charge in [0.05, 0.1) is 26.8 Å². The fraction of sp³-hybridized carbons (Fsp3) is 0.0800. The van der Waals surface area contributed by atoms with Crippen LogP contribution in [0.1, 0.15) is 21.8 Å². The molecule has 0 spiro atoms. The van der Waals surface area contributed by atoms with Gasteiger partial charge in [0.1, 0.15) is 5.82 Å². The van der Waals surface area contributed by atoms with E-state index in [1.165, 1.54) is 17.4 Å². The number of aromatic nitrogens is 5. The van der Waals surface area contributed by atoms with Gasteiger partial charge in [-0.3, -0.25) is 14.2 Å². The molecule has 0 saturated carbocycles. The lowest BCUT2D eigenvalue weighted by atomic mass is 10.0. The monoisotopic (exact) mass is 502 g/mol. The Morgan fingerprint density at radius 1 is 1.09 bits per heavy atom. The van der Waals surface area contributed by atoms with Gasteiger partial charge in [0, 0.05) is 42.6 Å². The van der Waals surface area contributed by atoms with Crippen LogP contribution in [-0.4, -0.2) is 30.3 Å². The maximum absolute atomic E-state index is 12.4. The zero-order chi connectivity index (χ0) is 24.4. The van der Waals surface area contributed by atoms with Crippen LogP contribution in [0.2, 0.25) is 4.34 Å². The fourth-order valence-corrected chi connectivity index (χ4v) is 4.73. The number of nitrogen functional groups attached to an aromatic ring is 1. The van der Waals surface area contributed by atoms with E-state index in [0.29, 0.717) is 39.3 Å². The van der Waals surface area contributed by atoms with Crippen molar-refractivity contribution in [3.8, 4) is 22.5 Å². The average molecular weight is 503 g/mol. The summed E-state index contributed by atoms with van der Waals surface area (Å²) in [6.07, 6.45) is 5.90. The topological polar surface area (TPSA) is 109 Å². The van der Waals surface area contributed by atoms with Crippen LogP contribution < -0.4 is 11.3 Å². The Morgan fingerprint density at radius 2 is 1.97 bits per heavy atom. The number of aryl methyl sites for hydroxylation is 1. The Hall–Kier alpha value is -4.08. The van der Waals surface area contributed by atoms with Gasteiger partial charge in [-0.05, 0) is 54.1 Å². The van der Waals surface area contributed by atoms with Gasteiger partial charge < -0.3 is 5.73 Å². The van der Waals surface area contributed by atoms with Gasteiger partial charge in [0.15, 0.2) is 5.78 Å². The van der Waals surface area contributed by atoms with Crippen LogP contribution in [0.4, 0.5) is 5.82 Å². The van der Waals surface area contributed by atoms with Gasteiger partial charge in [-0.25, -0.2) is 9.67 Å². The molecule has 10 heteroatoms. The van der Waals surface area contributed by atoms with Crippen LogP contribution in [0, 0.1) is 0 Å². The van der Waals surface area contributed by atoms with Crippen molar-refractivity contribution in [2.75, 3.05) is 5.73 Å². The molecule has 0 radical (unpaired) electrons. The molecule has 0 aliphatic rings. The molecule has 0 saturated heterocycles. The number of Topliss-reactive ketones (excluding diaryl/α,β-unsaturated/α-hetero) is 1. The quantitative estimate of drug-likeness (QED) is 0.326. The van der Waals surface area contributed by atoms with Crippen LogP contribution in [0.5, 0.6) is 0 Å². The van der Waals surface area contributed by atoms with E-state index in [0.717, 1.165) is 16.8 Å². The number of carbonyl (C=O) groups is 1. The van der Waals surface area contributed by atoms with Crippen LogP contribution in [-0.2, 0) is 6.42 Å². The van der Waals surface area contributed by atoms with Crippen molar-refractivity contribution >= 4 is 34.5 Å². The van der Waals surface area contributed by atoms with Gasteiger partial charge in [0.25, 0.3) is 5.56 Å². The van der Waals surface area contributed by atoms with E-state index in [4.69, 9.17) is 17.3 Å². The van der Waals surface area contributed by atoms with Crippen LogP contribution in [0.3, 0.4) is 0 Å². The highest BCUT2D eigenvalue weighted by Crippen LogP contribution is 2.30. The largest absolute Gasteiger partial charge is 0.384 e. The predicted octanol–water partition coefficient (Wildman–Crippen LogP) is 4.59. The Labute approximate surface area is 209 Å². The van der Waals surface area contributed by atoms with Crippen molar-refractivity contribution in [3.05, 3.63) is 105 Å². The van der Waals surface area contributed by atoms with E-state index in [1.807, 2.05) is 24.3 Å². The number of anilines is 1. The second-order valence-corrected chi connectivity index (χ2v) is 9.48. The first-order valence-electron chi connectivity index (χ1n) is 10.7. The second kappa shape index (κ2) is 9.65. The molecule has 5 aromatic rings. The van der Waals surface area contributed by atoms with Crippen molar-refractivity contribution in [1.82, 2.24) is 24.5 Å². The zero-order valence-electron chi connectivity index (χ0n) is 18.3. The number of ketones is 1. The van der Waals surface area contributed by atoms with Crippen molar-refractivity contribution < 1.29 is 4.79 Å². The molecule has 2 N–H and O–H groups in total. The SMILES string of the molecule is Nc1cc(-c2cc(-n3ccccc3=O)ccc2-n2cc(CCC(=O)c3ccc(Cl)s3)nn2)ccn1. The molecule has 0 aliphatic heterocycles. The molecule has 0 bridgehead atoms. The van der Waals surface area contributed by atoms with Gasteiger partial charge in [0.2, 0.25) is 0 Å². The number of nitrogens with two attached hydrogens (primary N) is 1.